The summed E-state index contributed by atoms with van der Waals surface area (Å²) < 4.78 is 7.16. The van der Waals surface area contributed by atoms with Gasteiger partial charge in [0.25, 0.3) is 0 Å². The van der Waals surface area contributed by atoms with Crippen molar-refractivity contribution in [3.8, 4) is 16.9 Å². The van der Waals surface area contributed by atoms with Crippen molar-refractivity contribution < 1.29 is 9.53 Å². The number of aryl methyl sites for hydroxylation is 1. The van der Waals surface area contributed by atoms with Gasteiger partial charge in [-0.25, -0.2) is 0 Å². The number of ether oxygens (including phenoxy) is 1. The molecule has 0 radical (unpaired) electrons. The first-order valence-electron chi connectivity index (χ1n) is 10.8. The van der Waals surface area contributed by atoms with Crippen molar-refractivity contribution in [1.82, 2.24) is 15.1 Å². The minimum atomic E-state index is 0.0391. The molecule has 0 atom stereocenters. The van der Waals surface area contributed by atoms with Crippen LogP contribution in [0.5, 0.6) is 5.75 Å². The van der Waals surface area contributed by atoms with Gasteiger partial charge in [0.05, 0.1) is 13.7 Å². The number of hydrogen-bond acceptors (Lipinski definition) is 3. The van der Waals surface area contributed by atoms with Crippen LogP contribution in [0.2, 0.25) is 0 Å². The minimum Gasteiger partial charge on any atom is -0.497 e. The highest BCUT2D eigenvalue weighted by Gasteiger charge is 2.08. The average molecular weight is 426 g/mol. The summed E-state index contributed by atoms with van der Waals surface area (Å²) >= 11 is 0. The summed E-state index contributed by atoms with van der Waals surface area (Å²) in [6.45, 7) is 1.25. The second-order valence-corrected chi connectivity index (χ2v) is 7.69. The van der Waals surface area contributed by atoms with E-state index in [1.165, 1.54) is 5.56 Å². The van der Waals surface area contributed by atoms with E-state index in [4.69, 9.17) is 4.74 Å². The molecule has 0 aliphatic carbocycles. The van der Waals surface area contributed by atoms with Gasteiger partial charge in [0.2, 0.25) is 5.91 Å². The fraction of sp³-hybridized carbons (Fsp3) is 0.185. The van der Waals surface area contributed by atoms with Crippen LogP contribution < -0.4 is 10.1 Å². The molecule has 0 unspecified atom stereocenters. The van der Waals surface area contributed by atoms with E-state index in [0.29, 0.717) is 19.4 Å². The Bertz CT molecular complexity index is 1150. The van der Waals surface area contributed by atoms with E-state index in [-0.39, 0.29) is 5.91 Å². The number of nitrogens with zero attached hydrogens (tertiary/aromatic N) is 2. The molecular weight excluding hydrogens is 398 g/mol. The standard InChI is InChI=1S/C27H27N3O2/c1-32-25-8-4-6-21(18-25)12-15-27(31)28-19-24-7-2-3-9-26(24)23-13-10-22(11-14-23)20-30-17-5-16-29-30/h2-11,13-14,16-18H,12,15,19-20H2,1H3,(H,28,31). The highest BCUT2D eigenvalue weighted by Crippen LogP contribution is 2.24. The molecule has 5 heteroatoms. The number of rotatable bonds is 9. The largest absolute Gasteiger partial charge is 0.497 e. The zero-order chi connectivity index (χ0) is 22.2. The van der Waals surface area contributed by atoms with E-state index in [9.17, 15) is 4.79 Å². The highest BCUT2D eigenvalue weighted by atomic mass is 16.5. The second-order valence-electron chi connectivity index (χ2n) is 7.69. The van der Waals surface area contributed by atoms with Crippen molar-refractivity contribution in [3.63, 3.8) is 0 Å². The molecule has 1 N–H and O–H groups in total. The molecule has 0 fully saturated rings. The van der Waals surface area contributed by atoms with Gasteiger partial charge >= 0.3 is 0 Å². The third-order valence-corrected chi connectivity index (χ3v) is 5.44. The fourth-order valence-electron chi connectivity index (χ4n) is 3.69. The number of carbonyl (C=O) groups is 1. The Hall–Kier alpha value is -3.86. The maximum absolute atomic E-state index is 12.4. The third-order valence-electron chi connectivity index (χ3n) is 5.44. The topological polar surface area (TPSA) is 56.1 Å². The molecule has 1 heterocycles. The molecule has 1 amide bonds. The Morgan fingerprint density at radius 3 is 2.59 bits per heavy atom. The Kier molecular flexibility index (Phi) is 6.98. The van der Waals surface area contributed by atoms with Crippen LogP contribution >= 0.6 is 0 Å². The lowest BCUT2D eigenvalue weighted by Gasteiger charge is -2.12. The van der Waals surface area contributed by atoms with Gasteiger partial charge in [-0.3, -0.25) is 9.48 Å². The summed E-state index contributed by atoms with van der Waals surface area (Å²) in [6.07, 6.45) is 4.87. The monoisotopic (exact) mass is 425 g/mol. The predicted molar refractivity (Wildman–Crippen MR) is 126 cm³/mol. The SMILES string of the molecule is COc1cccc(CCC(=O)NCc2ccccc2-c2ccc(Cn3cccn3)cc2)c1. The molecule has 3 aromatic carbocycles. The zero-order valence-electron chi connectivity index (χ0n) is 18.2. The summed E-state index contributed by atoms with van der Waals surface area (Å²) in [5, 5.41) is 7.33. The molecule has 4 rings (SSSR count). The van der Waals surface area contributed by atoms with Gasteiger partial charge in [-0.1, -0.05) is 60.7 Å². The molecule has 32 heavy (non-hydrogen) atoms. The van der Waals surface area contributed by atoms with Crippen LogP contribution in [-0.2, 0) is 24.3 Å². The molecule has 0 bridgehead atoms. The number of nitrogens with one attached hydrogen (secondary N) is 1. The van der Waals surface area contributed by atoms with Crippen LogP contribution in [0.15, 0.2) is 91.3 Å². The molecule has 0 saturated heterocycles. The first kappa shape index (κ1) is 21.4. The number of amides is 1. The van der Waals surface area contributed by atoms with Gasteiger partial charge in [0.1, 0.15) is 5.75 Å². The minimum absolute atomic E-state index is 0.0391. The first-order chi connectivity index (χ1) is 15.7. The van der Waals surface area contributed by atoms with Crippen molar-refractivity contribution in [2.24, 2.45) is 0 Å². The van der Waals surface area contributed by atoms with Gasteiger partial charge in [-0.05, 0) is 52.4 Å². The molecular formula is C27H27N3O2. The number of hydrogen-bond donors (Lipinski definition) is 1. The molecule has 0 aliphatic heterocycles. The molecule has 5 nitrogen and oxygen atoms in total. The van der Waals surface area contributed by atoms with E-state index in [0.717, 1.165) is 34.5 Å². The maximum atomic E-state index is 12.4. The van der Waals surface area contributed by atoms with Crippen LogP contribution in [0.1, 0.15) is 23.1 Å². The molecule has 0 spiro atoms. The molecule has 1 aromatic heterocycles. The van der Waals surface area contributed by atoms with Gasteiger partial charge < -0.3 is 10.1 Å². The molecule has 162 valence electrons. The summed E-state index contributed by atoms with van der Waals surface area (Å²) in [7, 11) is 1.65. The number of benzene rings is 3. The van der Waals surface area contributed by atoms with E-state index < -0.39 is 0 Å². The lowest BCUT2D eigenvalue weighted by Crippen LogP contribution is -2.23. The summed E-state index contributed by atoms with van der Waals surface area (Å²) in [5.41, 5.74) is 5.65. The fourth-order valence-corrected chi connectivity index (χ4v) is 3.69. The number of aromatic nitrogens is 2. The lowest BCUT2D eigenvalue weighted by atomic mass is 9.98. The molecule has 4 aromatic rings. The zero-order valence-corrected chi connectivity index (χ0v) is 18.2. The van der Waals surface area contributed by atoms with Crippen molar-refractivity contribution in [1.29, 1.82) is 0 Å². The summed E-state index contributed by atoms with van der Waals surface area (Å²) in [5.74, 6) is 0.852. The number of carbonyl (C=O) groups excluding carboxylic acids is 1. The Balaban J connectivity index is 1.36. The van der Waals surface area contributed by atoms with E-state index in [1.807, 2.05) is 53.3 Å². The van der Waals surface area contributed by atoms with Crippen molar-refractivity contribution in [2.75, 3.05) is 7.11 Å². The van der Waals surface area contributed by atoms with Gasteiger partial charge in [-0.15, -0.1) is 0 Å². The van der Waals surface area contributed by atoms with Crippen LogP contribution in [0.4, 0.5) is 0 Å². The van der Waals surface area contributed by atoms with Crippen LogP contribution in [0.3, 0.4) is 0 Å². The molecule has 0 aliphatic rings. The van der Waals surface area contributed by atoms with Gasteiger partial charge in [-0.2, -0.15) is 5.10 Å². The van der Waals surface area contributed by atoms with Crippen LogP contribution in [-0.4, -0.2) is 22.8 Å². The summed E-state index contributed by atoms with van der Waals surface area (Å²) in [6, 6.07) is 26.5. The van der Waals surface area contributed by atoms with E-state index in [1.54, 1.807) is 13.3 Å². The summed E-state index contributed by atoms with van der Waals surface area (Å²) in [4.78, 5) is 12.4. The van der Waals surface area contributed by atoms with E-state index in [2.05, 4.69) is 46.8 Å². The van der Waals surface area contributed by atoms with Gasteiger partial charge in [0.15, 0.2) is 0 Å². The predicted octanol–water partition coefficient (Wildman–Crippen LogP) is 4.86. The normalized spacial score (nSPS) is 10.7. The highest BCUT2D eigenvalue weighted by molar-refractivity contribution is 5.77. The first-order valence-corrected chi connectivity index (χ1v) is 10.8. The lowest BCUT2D eigenvalue weighted by molar-refractivity contribution is -0.121. The Morgan fingerprint density at radius 1 is 0.969 bits per heavy atom. The van der Waals surface area contributed by atoms with Gasteiger partial charge in [0, 0.05) is 25.4 Å². The Morgan fingerprint density at radius 2 is 1.81 bits per heavy atom. The smallest absolute Gasteiger partial charge is 0.220 e. The third kappa shape index (κ3) is 5.64. The Labute approximate surface area is 188 Å². The quantitative estimate of drug-likeness (QED) is 0.417. The van der Waals surface area contributed by atoms with Crippen LogP contribution in [0.25, 0.3) is 11.1 Å². The average Bonchev–Trinajstić information content (AvgIpc) is 3.35. The van der Waals surface area contributed by atoms with E-state index >= 15 is 0 Å². The van der Waals surface area contributed by atoms with Crippen molar-refractivity contribution >= 4 is 5.91 Å². The van der Waals surface area contributed by atoms with Crippen molar-refractivity contribution in [2.45, 2.75) is 25.9 Å². The van der Waals surface area contributed by atoms with Crippen molar-refractivity contribution in [3.05, 3.63) is 108 Å². The molecule has 0 saturated carbocycles. The maximum Gasteiger partial charge on any atom is 0.220 e. The van der Waals surface area contributed by atoms with Crippen LogP contribution in [0, 0.1) is 0 Å². The second kappa shape index (κ2) is 10.4. The number of methoxy groups -OCH3 is 1.